The largest absolute Gasteiger partial charge is 0.368 e. The molecule has 4 nitrogen and oxygen atoms in total. The van der Waals surface area contributed by atoms with E-state index in [0.29, 0.717) is 6.67 Å². The predicted molar refractivity (Wildman–Crippen MR) is 47.3 cm³/mol. The summed E-state index contributed by atoms with van der Waals surface area (Å²) in [7, 11) is 1.93. The zero-order chi connectivity index (χ0) is 8.10. The molecular weight excluding hydrogens is 140 g/mol. The van der Waals surface area contributed by atoms with Gasteiger partial charge < -0.3 is 10.6 Å². The zero-order valence-electron chi connectivity index (χ0n) is 7.02. The molecule has 0 aromatic carbocycles. The SMILES string of the molecule is CNCCNC1=NCN=C1C. The molecule has 62 valence electrons. The number of rotatable bonds is 3. The van der Waals surface area contributed by atoms with Crippen molar-refractivity contribution in [3.63, 3.8) is 0 Å². The van der Waals surface area contributed by atoms with E-state index in [9.17, 15) is 0 Å². The first-order valence-electron chi connectivity index (χ1n) is 3.79. The van der Waals surface area contributed by atoms with Gasteiger partial charge in [0.25, 0.3) is 0 Å². The average Bonchev–Trinajstić information content (AvgIpc) is 2.37. The summed E-state index contributed by atoms with van der Waals surface area (Å²) in [6.07, 6.45) is 0. The van der Waals surface area contributed by atoms with Crippen molar-refractivity contribution < 1.29 is 0 Å². The van der Waals surface area contributed by atoms with E-state index in [-0.39, 0.29) is 0 Å². The zero-order valence-corrected chi connectivity index (χ0v) is 7.02. The van der Waals surface area contributed by atoms with Crippen LogP contribution in [0.25, 0.3) is 0 Å². The van der Waals surface area contributed by atoms with Gasteiger partial charge in [-0.2, -0.15) is 0 Å². The minimum atomic E-state index is 0.591. The van der Waals surface area contributed by atoms with Crippen molar-refractivity contribution in [2.75, 3.05) is 26.8 Å². The maximum atomic E-state index is 4.16. The average molecular weight is 154 g/mol. The number of hydrogen-bond acceptors (Lipinski definition) is 4. The van der Waals surface area contributed by atoms with Crippen LogP contribution in [0.5, 0.6) is 0 Å². The van der Waals surface area contributed by atoms with Crippen molar-refractivity contribution in [3.05, 3.63) is 0 Å². The van der Waals surface area contributed by atoms with Crippen LogP contribution in [-0.2, 0) is 0 Å². The molecule has 0 spiro atoms. The van der Waals surface area contributed by atoms with Gasteiger partial charge in [-0.05, 0) is 14.0 Å². The summed E-state index contributed by atoms with van der Waals surface area (Å²) in [4.78, 5) is 8.29. The maximum Gasteiger partial charge on any atom is 0.144 e. The summed E-state index contributed by atoms with van der Waals surface area (Å²) in [6.45, 7) is 4.42. The Balaban J connectivity index is 2.22. The van der Waals surface area contributed by atoms with E-state index in [1.807, 2.05) is 14.0 Å². The Bertz CT molecular complexity index is 183. The first kappa shape index (κ1) is 8.20. The summed E-state index contributed by atoms with van der Waals surface area (Å²) in [5, 5.41) is 6.24. The van der Waals surface area contributed by atoms with Crippen LogP contribution in [0.3, 0.4) is 0 Å². The number of amidine groups is 1. The van der Waals surface area contributed by atoms with Gasteiger partial charge in [0.05, 0.1) is 5.71 Å². The Morgan fingerprint density at radius 1 is 1.36 bits per heavy atom. The van der Waals surface area contributed by atoms with E-state index < -0.39 is 0 Å². The number of nitrogens with one attached hydrogen (secondary N) is 2. The molecule has 1 aliphatic rings. The third kappa shape index (κ3) is 2.31. The first-order chi connectivity index (χ1) is 5.34. The van der Waals surface area contributed by atoms with Gasteiger partial charge in [0.15, 0.2) is 0 Å². The van der Waals surface area contributed by atoms with E-state index in [4.69, 9.17) is 0 Å². The van der Waals surface area contributed by atoms with Gasteiger partial charge in [0, 0.05) is 13.1 Å². The Labute approximate surface area is 66.8 Å². The van der Waals surface area contributed by atoms with E-state index in [0.717, 1.165) is 24.6 Å². The van der Waals surface area contributed by atoms with Gasteiger partial charge in [0.1, 0.15) is 12.5 Å². The molecule has 1 aliphatic heterocycles. The fourth-order valence-corrected chi connectivity index (χ4v) is 0.891. The molecule has 0 saturated carbocycles. The topological polar surface area (TPSA) is 48.8 Å². The Hall–Kier alpha value is -0.900. The van der Waals surface area contributed by atoms with Gasteiger partial charge in [-0.1, -0.05) is 0 Å². The quantitative estimate of drug-likeness (QED) is 0.545. The first-order valence-corrected chi connectivity index (χ1v) is 3.79. The van der Waals surface area contributed by atoms with Crippen molar-refractivity contribution in [1.82, 2.24) is 10.6 Å². The summed E-state index contributed by atoms with van der Waals surface area (Å²) in [5.41, 5.74) is 1.01. The molecule has 0 atom stereocenters. The van der Waals surface area contributed by atoms with Crippen LogP contribution < -0.4 is 10.6 Å². The molecule has 0 aliphatic carbocycles. The second-order valence-corrected chi connectivity index (χ2v) is 2.42. The third-order valence-electron chi connectivity index (χ3n) is 1.55. The highest BCUT2D eigenvalue weighted by Crippen LogP contribution is 1.91. The van der Waals surface area contributed by atoms with E-state index in [2.05, 4.69) is 20.6 Å². The second kappa shape index (κ2) is 4.08. The molecule has 4 heteroatoms. The van der Waals surface area contributed by atoms with Crippen LogP contribution in [0.15, 0.2) is 9.98 Å². The third-order valence-corrected chi connectivity index (χ3v) is 1.55. The van der Waals surface area contributed by atoms with Crippen LogP contribution in [0.2, 0.25) is 0 Å². The highest BCUT2D eigenvalue weighted by atomic mass is 15.1. The number of likely N-dealkylation sites (N-methyl/N-ethyl adjacent to an activating group) is 1. The molecule has 0 unspecified atom stereocenters. The number of hydrogen-bond donors (Lipinski definition) is 2. The second-order valence-electron chi connectivity index (χ2n) is 2.42. The van der Waals surface area contributed by atoms with Crippen LogP contribution in [-0.4, -0.2) is 38.4 Å². The van der Waals surface area contributed by atoms with Crippen molar-refractivity contribution in [1.29, 1.82) is 0 Å². The van der Waals surface area contributed by atoms with Crippen molar-refractivity contribution in [3.8, 4) is 0 Å². The van der Waals surface area contributed by atoms with Gasteiger partial charge in [0.2, 0.25) is 0 Å². The molecular formula is C7H14N4. The Morgan fingerprint density at radius 3 is 2.73 bits per heavy atom. The van der Waals surface area contributed by atoms with Crippen LogP contribution >= 0.6 is 0 Å². The number of nitrogens with zero attached hydrogens (tertiary/aromatic N) is 2. The molecule has 2 N–H and O–H groups in total. The van der Waals surface area contributed by atoms with Gasteiger partial charge >= 0.3 is 0 Å². The van der Waals surface area contributed by atoms with Gasteiger partial charge in [-0.3, -0.25) is 4.99 Å². The molecule has 11 heavy (non-hydrogen) atoms. The predicted octanol–water partition coefficient (Wildman–Crippen LogP) is -0.374. The molecule has 1 rings (SSSR count). The van der Waals surface area contributed by atoms with Gasteiger partial charge in [-0.25, -0.2) is 4.99 Å². The minimum Gasteiger partial charge on any atom is -0.368 e. The van der Waals surface area contributed by atoms with Crippen LogP contribution in [0, 0.1) is 0 Å². The highest BCUT2D eigenvalue weighted by Gasteiger charge is 2.06. The summed E-state index contributed by atoms with van der Waals surface area (Å²) >= 11 is 0. The fourth-order valence-electron chi connectivity index (χ4n) is 0.891. The van der Waals surface area contributed by atoms with Crippen molar-refractivity contribution in [2.45, 2.75) is 6.92 Å². The van der Waals surface area contributed by atoms with E-state index in [1.165, 1.54) is 0 Å². The summed E-state index contributed by atoms with van der Waals surface area (Å²) in [5.74, 6) is 0.945. The fraction of sp³-hybridized carbons (Fsp3) is 0.714. The molecule has 0 saturated heterocycles. The lowest BCUT2D eigenvalue weighted by molar-refractivity contribution is 0.759. The van der Waals surface area contributed by atoms with Crippen molar-refractivity contribution in [2.24, 2.45) is 9.98 Å². The van der Waals surface area contributed by atoms with Gasteiger partial charge in [-0.15, -0.1) is 0 Å². The smallest absolute Gasteiger partial charge is 0.144 e. The molecule has 1 heterocycles. The maximum absolute atomic E-state index is 4.16. The lowest BCUT2D eigenvalue weighted by Crippen LogP contribution is -2.33. The molecule has 0 fully saturated rings. The molecule has 0 aromatic heterocycles. The lowest BCUT2D eigenvalue weighted by atomic mass is 10.4. The number of aliphatic imine (C=N–C) groups is 2. The van der Waals surface area contributed by atoms with E-state index >= 15 is 0 Å². The summed E-state index contributed by atoms with van der Waals surface area (Å²) in [6, 6.07) is 0. The van der Waals surface area contributed by atoms with Crippen LogP contribution in [0.1, 0.15) is 6.92 Å². The van der Waals surface area contributed by atoms with Crippen LogP contribution in [0.4, 0.5) is 0 Å². The Morgan fingerprint density at radius 2 is 2.18 bits per heavy atom. The Kier molecular flexibility index (Phi) is 3.04. The standard InChI is InChI=1S/C7H14N4/c1-6-7(11-5-10-6)9-4-3-8-2/h8H,3-5H2,1-2H3,(H,9,11). The highest BCUT2D eigenvalue weighted by molar-refractivity contribution is 6.41. The van der Waals surface area contributed by atoms with E-state index in [1.54, 1.807) is 0 Å². The monoisotopic (exact) mass is 154 g/mol. The molecule has 0 bridgehead atoms. The van der Waals surface area contributed by atoms with Crippen molar-refractivity contribution >= 4 is 11.5 Å². The molecule has 0 radical (unpaired) electrons. The normalized spacial score (nSPS) is 16.2. The summed E-state index contributed by atoms with van der Waals surface area (Å²) < 4.78 is 0. The minimum absolute atomic E-state index is 0.591. The molecule has 0 amide bonds. The lowest BCUT2D eigenvalue weighted by Gasteiger charge is -2.04. The molecule has 0 aromatic rings.